The molecule has 1 amide bonds. The van der Waals surface area contributed by atoms with Crippen LogP contribution in [0.25, 0.3) is 0 Å². The molecule has 1 aliphatic heterocycles. The second-order valence-electron chi connectivity index (χ2n) is 4.44. The van der Waals surface area contributed by atoms with Gasteiger partial charge in [-0.2, -0.15) is 0 Å². The van der Waals surface area contributed by atoms with Crippen LogP contribution in [0.15, 0.2) is 0 Å². The predicted octanol–water partition coefficient (Wildman–Crippen LogP) is 0.0523. The van der Waals surface area contributed by atoms with Crippen LogP contribution in [0.2, 0.25) is 0 Å². The number of carbonyl (C=O) groups is 1. The molecule has 0 aromatic heterocycles. The summed E-state index contributed by atoms with van der Waals surface area (Å²) in [6.45, 7) is 5.04. The van der Waals surface area contributed by atoms with E-state index >= 15 is 0 Å². The minimum atomic E-state index is 0.0786. The van der Waals surface area contributed by atoms with E-state index in [9.17, 15) is 4.79 Å². The van der Waals surface area contributed by atoms with Gasteiger partial charge in [0.2, 0.25) is 5.91 Å². The Kier molecular flexibility index (Phi) is 5.05. The Morgan fingerprint density at radius 1 is 1.53 bits per heavy atom. The fraction of sp³-hybridized carbons (Fsp3) is 0.909. The highest BCUT2D eigenvalue weighted by molar-refractivity contribution is 5.78. The van der Waals surface area contributed by atoms with E-state index in [1.54, 1.807) is 7.05 Å². The molecule has 0 bridgehead atoms. The lowest BCUT2D eigenvalue weighted by Crippen LogP contribution is -2.44. The van der Waals surface area contributed by atoms with Crippen LogP contribution in [0.4, 0.5) is 0 Å². The number of carbonyl (C=O) groups excluding carboxylic acids is 1. The highest BCUT2D eigenvalue weighted by Gasteiger charge is 2.21. The molecule has 4 nitrogen and oxygen atoms in total. The minimum Gasteiger partial charge on any atom is -0.359 e. The molecule has 1 heterocycles. The van der Waals surface area contributed by atoms with Gasteiger partial charge < -0.3 is 15.5 Å². The van der Waals surface area contributed by atoms with Crippen molar-refractivity contribution in [2.45, 2.75) is 25.8 Å². The molecule has 0 spiro atoms. The Hall–Kier alpha value is -0.610. The summed E-state index contributed by atoms with van der Waals surface area (Å²) < 4.78 is 0. The Balaban J connectivity index is 2.33. The predicted molar refractivity (Wildman–Crippen MR) is 61.8 cm³/mol. The molecule has 1 unspecified atom stereocenters. The van der Waals surface area contributed by atoms with E-state index in [0.29, 0.717) is 6.04 Å². The molecule has 4 heteroatoms. The van der Waals surface area contributed by atoms with Crippen molar-refractivity contribution in [2.75, 3.05) is 33.7 Å². The maximum Gasteiger partial charge on any atom is 0.223 e. The zero-order chi connectivity index (χ0) is 11.3. The standard InChI is InChI=1S/C11H23N3O/c1-9(11(15)12-2)8-14(3)10-4-6-13-7-5-10/h9-10,13H,4-8H2,1-3H3,(H,12,15). The molecule has 0 saturated carbocycles. The summed E-state index contributed by atoms with van der Waals surface area (Å²) in [7, 11) is 3.82. The molecule has 88 valence electrons. The van der Waals surface area contributed by atoms with Gasteiger partial charge in [-0.15, -0.1) is 0 Å². The summed E-state index contributed by atoms with van der Waals surface area (Å²) in [5.74, 6) is 0.214. The largest absolute Gasteiger partial charge is 0.359 e. The van der Waals surface area contributed by atoms with Crippen molar-refractivity contribution in [3.05, 3.63) is 0 Å². The summed E-state index contributed by atoms with van der Waals surface area (Å²) in [6, 6.07) is 0.637. The van der Waals surface area contributed by atoms with E-state index in [-0.39, 0.29) is 11.8 Å². The van der Waals surface area contributed by atoms with E-state index in [4.69, 9.17) is 0 Å². The molecular weight excluding hydrogens is 190 g/mol. The molecule has 2 N–H and O–H groups in total. The van der Waals surface area contributed by atoms with Gasteiger partial charge >= 0.3 is 0 Å². The first-order chi connectivity index (χ1) is 7.15. The molecule has 1 rings (SSSR count). The number of hydrogen-bond donors (Lipinski definition) is 2. The maximum atomic E-state index is 11.4. The summed E-state index contributed by atoms with van der Waals surface area (Å²) in [6.07, 6.45) is 2.38. The Morgan fingerprint density at radius 3 is 2.67 bits per heavy atom. The van der Waals surface area contributed by atoms with Crippen LogP contribution >= 0.6 is 0 Å². The molecule has 0 aromatic rings. The van der Waals surface area contributed by atoms with Crippen LogP contribution in [-0.4, -0.2) is 50.6 Å². The van der Waals surface area contributed by atoms with Crippen molar-refractivity contribution in [2.24, 2.45) is 5.92 Å². The topological polar surface area (TPSA) is 44.4 Å². The van der Waals surface area contributed by atoms with Gasteiger partial charge in [0, 0.05) is 25.6 Å². The summed E-state index contributed by atoms with van der Waals surface area (Å²) >= 11 is 0. The third kappa shape index (κ3) is 3.80. The van der Waals surface area contributed by atoms with Gasteiger partial charge in [-0.25, -0.2) is 0 Å². The van der Waals surface area contributed by atoms with E-state index in [0.717, 1.165) is 19.6 Å². The molecule has 15 heavy (non-hydrogen) atoms. The molecule has 1 fully saturated rings. The number of amides is 1. The normalized spacial score (nSPS) is 20.3. The van der Waals surface area contributed by atoms with Crippen molar-refractivity contribution in [1.82, 2.24) is 15.5 Å². The van der Waals surface area contributed by atoms with E-state index < -0.39 is 0 Å². The van der Waals surface area contributed by atoms with E-state index in [2.05, 4.69) is 22.6 Å². The first-order valence-corrected chi connectivity index (χ1v) is 5.77. The van der Waals surface area contributed by atoms with Crippen molar-refractivity contribution >= 4 is 5.91 Å². The van der Waals surface area contributed by atoms with Crippen LogP contribution in [-0.2, 0) is 4.79 Å². The second kappa shape index (κ2) is 6.08. The molecular formula is C11H23N3O. The van der Waals surface area contributed by atoms with Crippen LogP contribution in [0.5, 0.6) is 0 Å². The number of nitrogens with one attached hydrogen (secondary N) is 2. The van der Waals surface area contributed by atoms with Gasteiger partial charge in [0.1, 0.15) is 0 Å². The van der Waals surface area contributed by atoms with Crippen molar-refractivity contribution < 1.29 is 4.79 Å². The summed E-state index contributed by atoms with van der Waals surface area (Å²) in [4.78, 5) is 13.7. The van der Waals surface area contributed by atoms with E-state index in [1.807, 2.05) is 6.92 Å². The van der Waals surface area contributed by atoms with Gasteiger partial charge in [0.05, 0.1) is 0 Å². The van der Waals surface area contributed by atoms with Gasteiger partial charge in [0.25, 0.3) is 0 Å². The van der Waals surface area contributed by atoms with Crippen molar-refractivity contribution in [1.29, 1.82) is 0 Å². The lowest BCUT2D eigenvalue weighted by atomic mass is 10.0. The van der Waals surface area contributed by atoms with E-state index in [1.165, 1.54) is 12.8 Å². The van der Waals surface area contributed by atoms with Crippen LogP contribution < -0.4 is 10.6 Å². The molecule has 0 radical (unpaired) electrons. The first kappa shape index (κ1) is 12.5. The summed E-state index contributed by atoms with van der Waals surface area (Å²) in [5, 5.41) is 6.05. The second-order valence-corrected chi connectivity index (χ2v) is 4.44. The number of hydrogen-bond acceptors (Lipinski definition) is 3. The number of piperidine rings is 1. The van der Waals surface area contributed by atoms with Crippen molar-refractivity contribution in [3.8, 4) is 0 Å². The minimum absolute atomic E-state index is 0.0786. The smallest absolute Gasteiger partial charge is 0.223 e. The first-order valence-electron chi connectivity index (χ1n) is 5.77. The maximum absolute atomic E-state index is 11.4. The monoisotopic (exact) mass is 213 g/mol. The molecule has 0 aromatic carbocycles. The lowest BCUT2D eigenvalue weighted by molar-refractivity contribution is -0.124. The zero-order valence-corrected chi connectivity index (χ0v) is 10.0. The SMILES string of the molecule is CNC(=O)C(C)CN(C)C1CCNCC1. The fourth-order valence-corrected chi connectivity index (χ4v) is 2.16. The van der Waals surface area contributed by atoms with Crippen LogP contribution in [0.1, 0.15) is 19.8 Å². The molecule has 0 aliphatic carbocycles. The van der Waals surface area contributed by atoms with Crippen LogP contribution in [0, 0.1) is 5.92 Å². The Morgan fingerprint density at radius 2 is 2.13 bits per heavy atom. The van der Waals surface area contributed by atoms with Gasteiger partial charge in [0.15, 0.2) is 0 Å². The number of rotatable bonds is 4. The quantitative estimate of drug-likeness (QED) is 0.694. The fourth-order valence-electron chi connectivity index (χ4n) is 2.16. The Bertz CT molecular complexity index is 202. The molecule has 1 aliphatic rings. The highest BCUT2D eigenvalue weighted by Crippen LogP contribution is 2.11. The van der Waals surface area contributed by atoms with Crippen LogP contribution in [0.3, 0.4) is 0 Å². The zero-order valence-electron chi connectivity index (χ0n) is 10.0. The molecule has 1 saturated heterocycles. The lowest BCUT2D eigenvalue weighted by Gasteiger charge is -2.32. The summed E-state index contributed by atoms with van der Waals surface area (Å²) in [5.41, 5.74) is 0. The van der Waals surface area contributed by atoms with Gasteiger partial charge in [-0.05, 0) is 33.0 Å². The van der Waals surface area contributed by atoms with Crippen molar-refractivity contribution in [3.63, 3.8) is 0 Å². The third-order valence-electron chi connectivity index (χ3n) is 3.19. The Labute approximate surface area is 92.4 Å². The average Bonchev–Trinajstić information content (AvgIpc) is 2.29. The average molecular weight is 213 g/mol. The highest BCUT2D eigenvalue weighted by atomic mass is 16.1. The van der Waals surface area contributed by atoms with Gasteiger partial charge in [-0.3, -0.25) is 4.79 Å². The number of nitrogens with zero attached hydrogens (tertiary/aromatic N) is 1. The van der Waals surface area contributed by atoms with Gasteiger partial charge in [-0.1, -0.05) is 6.92 Å². The third-order valence-corrected chi connectivity index (χ3v) is 3.19. The molecule has 1 atom stereocenters.